The highest BCUT2D eigenvalue weighted by Gasteiger charge is 2.14. The van der Waals surface area contributed by atoms with E-state index in [-0.39, 0.29) is 15.5 Å². The van der Waals surface area contributed by atoms with E-state index >= 15 is 0 Å². The van der Waals surface area contributed by atoms with Crippen molar-refractivity contribution in [1.82, 2.24) is 0 Å². The van der Waals surface area contributed by atoms with Crippen LogP contribution in [0.5, 0.6) is 0 Å². The molecule has 1 aromatic rings. The van der Waals surface area contributed by atoms with E-state index < -0.39 is 9.84 Å². The largest absolute Gasteiger partial charge is 0.224 e. The summed E-state index contributed by atoms with van der Waals surface area (Å²) in [7, 11) is -3.38. The fraction of sp³-hybridized carbons (Fsp3) is 0.125. The van der Waals surface area contributed by atoms with Crippen molar-refractivity contribution in [2.45, 2.75) is 4.90 Å². The van der Waals surface area contributed by atoms with E-state index in [2.05, 4.69) is 0 Å². The molecule has 0 saturated heterocycles. The number of nitriles is 1. The molecule has 0 atom stereocenters. The first-order valence-corrected chi connectivity index (χ1v) is 5.62. The highest BCUT2D eigenvalue weighted by Crippen LogP contribution is 2.22. The first-order valence-electron chi connectivity index (χ1n) is 3.35. The smallest absolute Gasteiger partial charge is 0.176 e. The molecule has 0 radical (unpaired) electrons. The van der Waals surface area contributed by atoms with Gasteiger partial charge in [0.1, 0.15) is 6.07 Å². The Bertz CT molecular complexity index is 473. The van der Waals surface area contributed by atoms with Gasteiger partial charge in [0.05, 0.1) is 15.5 Å². The Kier molecular flexibility index (Phi) is 2.60. The fourth-order valence-electron chi connectivity index (χ4n) is 0.922. The summed E-state index contributed by atoms with van der Waals surface area (Å²) in [4.78, 5) is -0.0255. The fourth-order valence-corrected chi connectivity index (χ4v) is 2.05. The Morgan fingerprint density at radius 2 is 2.08 bits per heavy atom. The maximum atomic E-state index is 11.2. The zero-order valence-corrected chi connectivity index (χ0v) is 8.35. The summed E-state index contributed by atoms with van der Waals surface area (Å²) in [6.45, 7) is 0. The molecule has 68 valence electrons. The maximum absolute atomic E-state index is 11.2. The Balaban J connectivity index is 3.59. The van der Waals surface area contributed by atoms with Crippen molar-refractivity contribution < 1.29 is 8.42 Å². The van der Waals surface area contributed by atoms with Crippen LogP contribution in [0.4, 0.5) is 0 Å². The van der Waals surface area contributed by atoms with Crippen molar-refractivity contribution in [2.24, 2.45) is 0 Å². The molecule has 0 spiro atoms. The molecule has 1 aromatic carbocycles. The zero-order chi connectivity index (χ0) is 10.1. The Labute approximate surface area is 81.5 Å². The van der Waals surface area contributed by atoms with Crippen LogP contribution in [-0.4, -0.2) is 14.7 Å². The third-order valence-electron chi connectivity index (χ3n) is 1.49. The van der Waals surface area contributed by atoms with Crippen LogP contribution in [-0.2, 0) is 9.84 Å². The van der Waals surface area contributed by atoms with E-state index in [0.29, 0.717) is 0 Å². The number of sulfone groups is 1. The van der Waals surface area contributed by atoms with Gasteiger partial charge in [0.25, 0.3) is 0 Å². The monoisotopic (exact) mass is 215 g/mol. The standard InChI is InChI=1S/C8H6ClNO2S/c1-13(11,12)8-4-2-3-7(9)6(8)5-10/h2-4H,1H3. The molecular weight excluding hydrogens is 210 g/mol. The second-order valence-corrected chi connectivity index (χ2v) is 4.89. The molecule has 0 aliphatic rings. The number of rotatable bonds is 1. The van der Waals surface area contributed by atoms with Crippen molar-refractivity contribution in [2.75, 3.05) is 6.26 Å². The van der Waals surface area contributed by atoms with Crippen LogP contribution in [0.25, 0.3) is 0 Å². The van der Waals surface area contributed by atoms with Crippen molar-refractivity contribution in [1.29, 1.82) is 5.26 Å². The van der Waals surface area contributed by atoms with Gasteiger partial charge in [0.15, 0.2) is 9.84 Å². The molecule has 0 bridgehead atoms. The predicted octanol–water partition coefficient (Wildman–Crippen LogP) is 1.62. The summed E-state index contributed by atoms with van der Waals surface area (Å²) in [6.07, 6.45) is 1.04. The first kappa shape index (κ1) is 10.0. The van der Waals surface area contributed by atoms with Crippen LogP contribution in [0, 0.1) is 11.3 Å². The second-order valence-electron chi connectivity index (χ2n) is 2.50. The normalized spacial score (nSPS) is 10.8. The van der Waals surface area contributed by atoms with Gasteiger partial charge in [0, 0.05) is 6.26 Å². The van der Waals surface area contributed by atoms with Crippen LogP contribution in [0.15, 0.2) is 23.1 Å². The molecule has 1 rings (SSSR count). The van der Waals surface area contributed by atoms with Gasteiger partial charge in [0.2, 0.25) is 0 Å². The average Bonchev–Trinajstić information content (AvgIpc) is 2.02. The lowest BCUT2D eigenvalue weighted by Crippen LogP contribution is -2.00. The third-order valence-corrected chi connectivity index (χ3v) is 2.94. The molecule has 0 unspecified atom stereocenters. The number of hydrogen-bond acceptors (Lipinski definition) is 3. The van der Waals surface area contributed by atoms with Gasteiger partial charge in [-0.3, -0.25) is 0 Å². The molecule has 0 saturated carbocycles. The van der Waals surface area contributed by atoms with Crippen LogP contribution < -0.4 is 0 Å². The van der Waals surface area contributed by atoms with Crippen molar-refractivity contribution in [3.8, 4) is 6.07 Å². The molecule has 0 aliphatic heterocycles. The number of halogens is 1. The Hall–Kier alpha value is -1.05. The second kappa shape index (κ2) is 3.36. The lowest BCUT2D eigenvalue weighted by molar-refractivity contribution is 0.601. The van der Waals surface area contributed by atoms with Crippen LogP contribution in [0.1, 0.15) is 5.56 Å². The van der Waals surface area contributed by atoms with Crippen molar-refractivity contribution in [3.63, 3.8) is 0 Å². The third kappa shape index (κ3) is 2.00. The molecule has 0 aliphatic carbocycles. The summed E-state index contributed by atoms with van der Waals surface area (Å²) >= 11 is 5.65. The first-order chi connectivity index (χ1) is 5.96. The van der Waals surface area contributed by atoms with Gasteiger partial charge < -0.3 is 0 Å². The van der Waals surface area contributed by atoms with Gasteiger partial charge in [-0.15, -0.1) is 0 Å². The topological polar surface area (TPSA) is 57.9 Å². The van der Waals surface area contributed by atoms with E-state index in [0.717, 1.165) is 6.26 Å². The lowest BCUT2D eigenvalue weighted by Gasteiger charge is -2.01. The quantitative estimate of drug-likeness (QED) is 0.715. The Morgan fingerprint density at radius 1 is 1.46 bits per heavy atom. The van der Waals surface area contributed by atoms with Crippen molar-refractivity contribution >= 4 is 21.4 Å². The molecule has 5 heteroatoms. The summed E-state index contributed by atoms with van der Waals surface area (Å²) < 4.78 is 22.3. The zero-order valence-electron chi connectivity index (χ0n) is 6.78. The molecule has 3 nitrogen and oxygen atoms in total. The highest BCUT2D eigenvalue weighted by molar-refractivity contribution is 7.90. The highest BCUT2D eigenvalue weighted by atomic mass is 35.5. The van der Waals surface area contributed by atoms with E-state index in [1.165, 1.54) is 18.2 Å². The van der Waals surface area contributed by atoms with Crippen LogP contribution >= 0.6 is 11.6 Å². The lowest BCUT2D eigenvalue weighted by atomic mass is 10.2. The number of nitrogens with zero attached hydrogens (tertiary/aromatic N) is 1. The molecule has 0 heterocycles. The number of hydrogen-bond donors (Lipinski definition) is 0. The summed E-state index contributed by atoms with van der Waals surface area (Å²) in [5.41, 5.74) is 0.00617. The van der Waals surface area contributed by atoms with E-state index in [4.69, 9.17) is 16.9 Å². The van der Waals surface area contributed by atoms with E-state index in [9.17, 15) is 8.42 Å². The summed E-state index contributed by atoms with van der Waals surface area (Å²) in [5, 5.41) is 8.82. The van der Waals surface area contributed by atoms with Crippen molar-refractivity contribution in [3.05, 3.63) is 28.8 Å². The van der Waals surface area contributed by atoms with Gasteiger partial charge in [-0.1, -0.05) is 17.7 Å². The molecule has 0 amide bonds. The summed E-state index contributed by atoms with van der Waals surface area (Å²) in [5.74, 6) is 0. The number of benzene rings is 1. The SMILES string of the molecule is CS(=O)(=O)c1cccc(Cl)c1C#N. The van der Waals surface area contributed by atoms with Crippen LogP contribution in [0.2, 0.25) is 5.02 Å². The average molecular weight is 216 g/mol. The van der Waals surface area contributed by atoms with E-state index in [1.807, 2.05) is 0 Å². The van der Waals surface area contributed by atoms with Gasteiger partial charge in [-0.2, -0.15) is 5.26 Å². The van der Waals surface area contributed by atoms with E-state index in [1.54, 1.807) is 6.07 Å². The Morgan fingerprint density at radius 3 is 2.46 bits per heavy atom. The minimum Gasteiger partial charge on any atom is -0.224 e. The molecule has 0 N–H and O–H groups in total. The minimum absolute atomic E-state index is 0.00617. The molecule has 13 heavy (non-hydrogen) atoms. The predicted molar refractivity (Wildman–Crippen MR) is 49.3 cm³/mol. The molecular formula is C8H6ClNO2S. The molecule has 0 aromatic heterocycles. The van der Waals surface area contributed by atoms with Gasteiger partial charge in [-0.25, -0.2) is 8.42 Å². The maximum Gasteiger partial charge on any atom is 0.176 e. The molecule has 0 fully saturated rings. The van der Waals surface area contributed by atoms with Gasteiger partial charge >= 0.3 is 0 Å². The minimum atomic E-state index is -3.38. The van der Waals surface area contributed by atoms with Gasteiger partial charge in [-0.05, 0) is 12.1 Å². The van der Waals surface area contributed by atoms with Crippen LogP contribution in [0.3, 0.4) is 0 Å². The summed E-state index contributed by atoms with van der Waals surface area (Å²) in [6, 6.07) is 6.10.